The Hall–Kier alpha value is -2.58. The summed E-state index contributed by atoms with van der Waals surface area (Å²) >= 11 is 1.76. The van der Waals surface area contributed by atoms with E-state index in [0.717, 1.165) is 11.5 Å². The van der Waals surface area contributed by atoms with Gasteiger partial charge in [0.2, 0.25) is 11.6 Å². The van der Waals surface area contributed by atoms with E-state index in [9.17, 15) is 18.0 Å². The fourth-order valence-electron chi connectivity index (χ4n) is 3.34. The van der Waals surface area contributed by atoms with Crippen LogP contribution in [0.5, 0.6) is 0 Å². The number of rotatable bonds is 4. The van der Waals surface area contributed by atoms with Gasteiger partial charge in [-0.3, -0.25) is 14.3 Å². The summed E-state index contributed by atoms with van der Waals surface area (Å²) < 4.78 is 28.1. The number of benzene rings is 2. The number of ketones is 2. The maximum absolute atomic E-state index is 13.2. The summed E-state index contributed by atoms with van der Waals surface area (Å²) in [5.74, 6) is 0.812. The van der Waals surface area contributed by atoms with E-state index in [1.54, 1.807) is 54.2 Å². The summed E-state index contributed by atoms with van der Waals surface area (Å²) in [5.41, 5.74) is 0.500. The Balaban J connectivity index is 1.84. The van der Waals surface area contributed by atoms with Gasteiger partial charge in [-0.15, -0.1) is 0 Å². The number of fused-ring (bicyclic) bond motifs is 1. The molecule has 2 aromatic carbocycles. The third kappa shape index (κ3) is 3.33. The Morgan fingerprint density at radius 3 is 2.04 bits per heavy atom. The van der Waals surface area contributed by atoms with E-state index in [2.05, 4.69) is 4.72 Å². The third-order valence-corrected chi connectivity index (χ3v) is 7.02. The molecule has 0 atom stereocenters. The first kappa shape index (κ1) is 18.8. The number of nitrogens with zero attached hydrogens (tertiary/aromatic N) is 1. The number of carbonyl (C=O) groups is 2. The van der Waals surface area contributed by atoms with Crippen molar-refractivity contribution in [2.45, 2.75) is 4.90 Å². The van der Waals surface area contributed by atoms with Gasteiger partial charge in [-0.1, -0.05) is 42.5 Å². The normalized spacial score (nSPS) is 17.5. The highest BCUT2D eigenvalue weighted by Gasteiger charge is 2.37. The first-order valence-corrected chi connectivity index (χ1v) is 11.5. The van der Waals surface area contributed by atoms with Crippen molar-refractivity contribution in [3.05, 3.63) is 77.1 Å². The lowest BCUT2D eigenvalue weighted by Gasteiger charge is -2.33. The smallest absolute Gasteiger partial charge is 0.262 e. The molecule has 4 rings (SSSR count). The molecule has 0 aromatic heterocycles. The molecule has 0 amide bonds. The van der Waals surface area contributed by atoms with Gasteiger partial charge in [0.05, 0.1) is 4.90 Å². The molecule has 2 aromatic rings. The van der Waals surface area contributed by atoms with E-state index in [4.69, 9.17) is 0 Å². The van der Waals surface area contributed by atoms with Crippen LogP contribution in [-0.2, 0) is 10.0 Å². The van der Waals surface area contributed by atoms with E-state index in [1.165, 1.54) is 12.1 Å². The number of allylic oxidation sites excluding steroid dienone is 2. The van der Waals surface area contributed by atoms with Crippen LogP contribution in [0.3, 0.4) is 0 Å². The maximum Gasteiger partial charge on any atom is 0.262 e. The van der Waals surface area contributed by atoms with Crippen LogP contribution in [0.1, 0.15) is 20.7 Å². The van der Waals surface area contributed by atoms with Crippen molar-refractivity contribution in [2.24, 2.45) is 0 Å². The SMILES string of the molecule is O=C1C(NS(=O)(=O)c2ccccc2)=C(N2CCSCC2)C(=O)c2ccccc21. The van der Waals surface area contributed by atoms with Gasteiger partial charge in [0.25, 0.3) is 10.0 Å². The van der Waals surface area contributed by atoms with Crippen LogP contribution >= 0.6 is 11.8 Å². The number of sulfonamides is 1. The van der Waals surface area contributed by atoms with E-state index in [0.29, 0.717) is 18.7 Å². The Labute approximate surface area is 167 Å². The van der Waals surface area contributed by atoms with E-state index in [-0.39, 0.29) is 27.6 Å². The number of carbonyl (C=O) groups excluding carboxylic acids is 2. The quantitative estimate of drug-likeness (QED) is 0.827. The molecular formula is C20H18N2O4S2. The van der Waals surface area contributed by atoms with Crippen LogP contribution in [0.25, 0.3) is 0 Å². The molecular weight excluding hydrogens is 396 g/mol. The lowest BCUT2D eigenvalue weighted by Crippen LogP contribution is -2.43. The van der Waals surface area contributed by atoms with Crippen molar-refractivity contribution in [3.63, 3.8) is 0 Å². The van der Waals surface area contributed by atoms with Gasteiger partial charge < -0.3 is 4.90 Å². The lowest BCUT2D eigenvalue weighted by atomic mass is 9.90. The van der Waals surface area contributed by atoms with Gasteiger partial charge in [-0.05, 0) is 12.1 Å². The van der Waals surface area contributed by atoms with Crippen molar-refractivity contribution >= 4 is 33.4 Å². The van der Waals surface area contributed by atoms with Gasteiger partial charge >= 0.3 is 0 Å². The molecule has 1 fully saturated rings. The minimum atomic E-state index is -4.00. The van der Waals surface area contributed by atoms with Crippen LogP contribution < -0.4 is 4.72 Å². The predicted molar refractivity (Wildman–Crippen MR) is 108 cm³/mol. The molecule has 2 aliphatic rings. The highest BCUT2D eigenvalue weighted by Crippen LogP contribution is 2.29. The summed E-state index contributed by atoms with van der Waals surface area (Å²) in [7, 11) is -4.00. The monoisotopic (exact) mass is 414 g/mol. The fourth-order valence-corrected chi connectivity index (χ4v) is 5.33. The number of nitrogens with one attached hydrogen (secondary N) is 1. The van der Waals surface area contributed by atoms with Gasteiger partial charge in [0, 0.05) is 35.7 Å². The number of Topliss-reactive ketones (excluding diaryl/α,β-unsaturated/α-hetero) is 2. The van der Waals surface area contributed by atoms with E-state index >= 15 is 0 Å². The second kappa shape index (κ2) is 7.44. The van der Waals surface area contributed by atoms with Gasteiger partial charge in [0.1, 0.15) is 11.4 Å². The summed E-state index contributed by atoms with van der Waals surface area (Å²) in [5, 5.41) is 0. The topological polar surface area (TPSA) is 83.6 Å². The standard InChI is InChI=1S/C20H18N2O4S2/c23-19-15-8-4-5-9-16(15)20(24)18(22-10-12-27-13-11-22)17(19)21-28(25,26)14-6-2-1-3-7-14/h1-9,21H,10-13H2. The largest absolute Gasteiger partial charge is 0.365 e. The van der Waals surface area contributed by atoms with Gasteiger partial charge in [0.15, 0.2) is 0 Å². The van der Waals surface area contributed by atoms with Crippen molar-refractivity contribution in [1.29, 1.82) is 0 Å². The highest BCUT2D eigenvalue weighted by atomic mass is 32.2. The molecule has 1 saturated heterocycles. The molecule has 8 heteroatoms. The Morgan fingerprint density at radius 1 is 0.821 bits per heavy atom. The average Bonchev–Trinajstić information content (AvgIpc) is 2.73. The second-order valence-electron chi connectivity index (χ2n) is 6.45. The van der Waals surface area contributed by atoms with Crippen molar-refractivity contribution in [3.8, 4) is 0 Å². The molecule has 0 saturated carbocycles. The molecule has 0 bridgehead atoms. The predicted octanol–water partition coefficient (Wildman–Crippen LogP) is 2.30. The van der Waals surface area contributed by atoms with Crippen LogP contribution in [0, 0.1) is 0 Å². The summed E-state index contributed by atoms with van der Waals surface area (Å²) in [4.78, 5) is 28.2. The second-order valence-corrected chi connectivity index (χ2v) is 9.35. The molecule has 28 heavy (non-hydrogen) atoms. The van der Waals surface area contributed by atoms with Gasteiger partial charge in [-0.2, -0.15) is 11.8 Å². The number of thioether (sulfide) groups is 1. The Kier molecular flexibility index (Phi) is 4.99. The van der Waals surface area contributed by atoms with Crippen LogP contribution in [0.4, 0.5) is 0 Å². The molecule has 0 spiro atoms. The zero-order valence-electron chi connectivity index (χ0n) is 14.9. The Morgan fingerprint density at radius 2 is 1.39 bits per heavy atom. The number of hydrogen-bond acceptors (Lipinski definition) is 6. The minimum absolute atomic E-state index is 0.0372. The van der Waals surface area contributed by atoms with Crippen molar-refractivity contribution in [2.75, 3.05) is 24.6 Å². The van der Waals surface area contributed by atoms with Crippen LogP contribution in [0.2, 0.25) is 0 Å². The molecule has 1 heterocycles. The summed E-state index contributed by atoms with van der Waals surface area (Å²) in [6, 6.07) is 14.3. The maximum atomic E-state index is 13.2. The first-order chi connectivity index (χ1) is 13.5. The van der Waals surface area contributed by atoms with Crippen molar-refractivity contribution in [1.82, 2.24) is 9.62 Å². The minimum Gasteiger partial charge on any atom is -0.365 e. The lowest BCUT2D eigenvalue weighted by molar-refractivity contribution is 0.0940. The van der Waals surface area contributed by atoms with E-state index < -0.39 is 15.8 Å². The molecule has 144 valence electrons. The molecule has 1 aliphatic heterocycles. The average molecular weight is 415 g/mol. The van der Waals surface area contributed by atoms with Crippen LogP contribution in [-0.4, -0.2) is 49.5 Å². The first-order valence-electron chi connectivity index (χ1n) is 8.82. The zero-order valence-corrected chi connectivity index (χ0v) is 16.6. The molecule has 1 aliphatic carbocycles. The molecule has 0 radical (unpaired) electrons. The third-order valence-electron chi connectivity index (χ3n) is 4.71. The fraction of sp³-hybridized carbons (Fsp3) is 0.200. The van der Waals surface area contributed by atoms with Crippen molar-refractivity contribution < 1.29 is 18.0 Å². The Bertz CT molecular complexity index is 1070. The highest BCUT2D eigenvalue weighted by molar-refractivity contribution is 7.99. The van der Waals surface area contributed by atoms with Crippen LogP contribution in [0.15, 0.2) is 70.9 Å². The molecule has 1 N–H and O–H groups in total. The summed E-state index contributed by atoms with van der Waals surface area (Å²) in [6.07, 6.45) is 0. The summed E-state index contributed by atoms with van der Waals surface area (Å²) in [6.45, 7) is 1.16. The number of hydrogen-bond donors (Lipinski definition) is 1. The van der Waals surface area contributed by atoms with Gasteiger partial charge in [-0.25, -0.2) is 8.42 Å². The zero-order chi connectivity index (χ0) is 19.7. The van der Waals surface area contributed by atoms with E-state index in [1.807, 2.05) is 4.90 Å². The molecule has 6 nitrogen and oxygen atoms in total. The molecule has 0 unspecified atom stereocenters.